The summed E-state index contributed by atoms with van der Waals surface area (Å²) in [5, 5.41) is 12.0. The Morgan fingerprint density at radius 1 is 1.47 bits per heavy atom. The van der Waals surface area contributed by atoms with Gasteiger partial charge < -0.3 is 15.3 Å². The Hall–Kier alpha value is -1.20. The summed E-state index contributed by atoms with van der Waals surface area (Å²) in [6.45, 7) is 2.89. The van der Waals surface area contributed by atoms with Gasteiger partial charge in [0.15, 0.2) is 0 Å². The van der Waals surface area contributed by atoms with E-state index >= 15 is 0 Å². The van der Waals surface area contributed by atoms with Gasteiger partial charge in [-0.3, -0.25) is 0 Å². The lowest BCUT2D eigenvalue weighted by atomic mass is 10.2. The Bertz CT molecular complexity index is 420. The maximum atomic E-state index is 12.3. The first kappa shape index (κ1) is 14.2. The number of carbonyl (C=O) groups is 1. The normalized spacial score (nSPS) is 19.3. The van der Waals surface area contributed by atoms with Crippen molar-refractivity contribution in [1.82, 2.24) is 4.90 Å². The van der Waals surface area contributed by atoms with Crippen LogP contribution >= 0.6 is 11.8 Å². The second-order valence-corrected chi connectivity index (χ2v) is 5.88. The smallest absolute Gasteiger partial charge is 0.322 e. The monoisotopic (exact) mass is 280 g/mol. The molecule has 1 aliphatic heterocycles. The highest BCUT2D eigenvalue weighted by Crippen LogP contribution is 2.20. The van der Waals surface area contributed by atoms with Gasteiger partial charge in [-0.25, -0.2) is 4.79 Å². The summed E-state index contributed by atoms with van der Waals surface area (Å²) in [5.41, 5.74) is 1.99. The van der Waals surface area contributed by atoms with E-state index in [1.807, 2.05) is 47.9 Å². The third kappa shape index (κ3) is 3.88. The third-order valence-electron chi connectivity index (χ3n) is 3.25. The molecule has 1 heterocycles. The van der Waals surface area contributed by atoms with Gasteiger partial charge in [0.1, 0.15) is 0 Å². The lowest BCUT2D eigenvalue weighted by Crippen LogP contribution is -2.48. The molecule has 1 aromatic carbocycles. The van der Waals surface area contributed by atoms with Gasteiger partial charge in [-0.05, 0) is 25.5 Å². The standard InChI is InChI=1S/C14H20N2O2S/c1-11-2-4-12(5-3-11)15-14(18)16-7-9-19-10-13(16)6-8-17/h2-5,13,17H,6-10H2,1H3,(H,15,18). The van der Waals surface area contributed by atoms with Crippen LogP contribution in [-0.4, -0.2) is 46.7 Å². The van der Waals surface area contributed by atoms with Gasteiger partial charge in [0, 0.05) is 36.4 Å². The highest BCUT2D eigenvalue weighted by atomic mass is 32.2. The second-order valence-electron chi connectivity index (χ2n) is 4.73. The van der Waals surface area contributed by atoms with E-state index in [0.717, 1.165) is 23.7 Å². The zero-order valence-electron chi connectivity index (χ0n) is 11.1. The summed E-state index contributed by atoms with van der Waals surface area (Å²) in [6.07, 6.45) is 0.647. The Balaban J connectivity index is 1.99. The number of aliphatic hydroxyl groups excluding tert-OH is 1. The molecule has 1 aromatic rings. The predicted molar refractivity (Wildman–Crippen MR) is 79.7 cm³/mol. The first-order valence-corrected chi connectivity index (χ1v) is 7.69. The Labute approximate surface area is 118 Å². The molecule has 5 heteroatoms. The van der Waals surface area contributed by atoms with E-state index in [2.05, 4.69) is 5.32 Å². The number of thioether (sulfide) groups is 1. The Kier molecular flexibility index (Phi) is 5.10. The fraction of sp³-hybridized carbons (Fsp3) is 0.500. The fourth-order valence-corrected chi connectivity index (χ4v) is 3.25. The molecule has 1 fully saturated rings. The number of aliphatic hydroxyl groups is 1. The van der Waals surface area contributed by atoms with Crippen molar-refractivity contribution in [1.29, 1.82) is 0 Å². The molecule has 0 aromatic heterocycles. The van der Waals surface area contributed by atoms with Gasteiger partial charge in [0.25, 0.3) is 0 Å². The first-order chi connectivity index (χ1) is 9.20. The molecule has 104 valence electrons. The van der Waals surface area contributed by atoms with Crippen molar-refractivity contribution in [2.75, 3.05) is 30.0 Å². The van der Waals surface area contributed by atoms with Crippen molar-refractivity contribution in [3.8, 4) is 0 Å². The first-order valence-electron chi connectivity index (χ1n) is 6.53. The highest BCUT2D eigenvalue weighted by molar-refractivity contribution is 7.99. The number of hydrogen-bond acceptors (Lipinski definition) is 3. The van der Waals surface area contributed by atoms with Gasteiger partial charge in [-0.1, -0.05) is 17.7 Å². The van der Waals surface area contributed by atoms with E-state index < -0.39 is 0 Å². The lowest BCUT2D eigenvalue weighted by molar-refractivity contribution is 0.177. The Morgan fingerprint density at radius 2 is 2.21 bits per heavy atom. The number of anilines is 1. The minimum atomic E-state index is -0.0670. The molecule has 1 aliphatic rings. The van der Waals surface area contributed by atoms with Crippen LogP contribution in [0.1, 0.15) is 12.0 Å². The molecule has 2 amide bonds. The minimum Gasteiger partial charge on any atom is -0.396 e. The van der Waals surface area contributed by atoms with E-state index in [-0.39, 0.29) is 18.7 Å². The number of urea groups is 1. The summed E-state index contributed by atoms with van der Waals surface area (Å²) in [6, 6.07) is 7.84. The maximum absolute atomic E-state index is 12.3. The topological polar surface area (TPSA) is 52.6 Å². The molecule has 2 rings (SSSR count). The van der Waals surface area contributed by atoms with Gasteiger partial charge in [-0.2, -0.15) is 11.8 Å². The van der Waals surface area contributed by atoms with Gasteiger partial charge in [-0.15, -0.1) is 0 Å². The minimum absolute atomic E-state index is 0.0670. The van der Waals surface area contributed by atoms with E-state index in [1.165, 1.54) is 5.56 Å². The van der Waals surface area contributed by atoms with Gasteiger partial charge in [0.05, 0.1) is 0 Å². The van der Waals surface area contributed by atoms with Crippen LogP contribution in [0.5, 0.6) is 0 Å². The van der Waals surface area contributed by atoms with Crippen LogP contribution in [0.4, 0.5) is 10.5 Å². The molecule has 0 aliphatic carbocycles. The number of hydrogen-bond donors (Lipinski definition) is 2. The SMILES string of the molecule is Cc1ccc(NC(=O)N2CCSCC2CCO)cc1. The van der Waals surface area contributed by atoms with Gasteiger partial charge in [0.2, 0.25) is 0 Å². The number of nitrogens with one attached hydrogen (secondary N) is 1. The van der Waals surface area contributed by atoms with E-state index in [0.29, 0.717) is 6.42 Å². The van der Waals surface area contributed by atoms with E-state index in [4.69, 9.17) is 5.11 Å². The summed E-state index contributed by atoms with van der Waals surface area (Å²) < 4.78 is 0. The number of aryl methyl sites for hydroxylation is 1. The molecule has 0 saturated carbocycles. The number of rotatable bonds is 3. The molecule has 1 unspecified atom stereocenters. The van der Waals surface area contributed by atoms with Crippen LogP contribution in [-0.2, 0) is 0 Å². The van der Waals surface area contributed by atoms with Crippen molar-refractivity contribution < 1.29 is 9.90 Å². The quantitative estimate of drug-likeness (QED) is 0.893. The van der Waals surface area contributed by atoms with Crippen molar-refractivity contribution in [2.24, 2.45) is 0 Å². The Morgan fingerprint density at radius 3 is 2.89 bits per heavy atom. The number of benzene rings is 1. The van der Waals surface area contributed by atoms with Gasteiger partial charge >= 0.3 is 6.03 Å². The number of carbonyl (C=O) groups excluding carboxylic acids is 1. The molecule has 0 radical (unpaired) electrons. The molecule has 19 heavy (non-hydrogen) atoms. The molecule has 4 nitrogen and oxygen atoms in total. The van der Waals surface area contributed by atoms with Crippen LogP contribution in [0.2, 0.25) is 0 Å². The van der Waals surface area contributed by atoms with Crippen molar-refractivity contribution in [3.63, 3.8) is 0 Å². The number of nitrogens with zero attached hydrogens (tertiary/aromatic N) is 1. The van der Waals surface area contributed by atoms with Crippen LogP contribution in [0.3, 0.4) is 0 Å². The maximum Gasteiger partial charge on any atom is 0.322 e. The van der Waals surface area contributed by atoms with Crippen molar-refractivity contribution in [2.45, 2.75) is 19.4 Å². The average molecular weight is 280 g/mol. The molecule has 1 atom stereocenters. The zero-order chi connectivity index (χ0) is 13.7. The summed E-state index contributed by atoms with van der Waals surface area (Å²) in [4.78, 5) is 14.1. The van der Waals surface area contributed by atoms with Crippen LogP contribution in [0.25, 0.3) is 0 Å². The zero-order valence-corrected chi connectivity index (χ0v) is 11.9. The third-order valence-corrected chi connectivity index (χ3v) is 4.35. The lowest BCUT2D eigenvalue weighted by Gasteiger charge is -2.35. The highest BCUT2D eigenvalue weighted by Gasteiger charge is 2.26. The van der Waals surface area contributed by atoms with E-state index in [1.54, 1.807) is 0 Å². The van der Waals surface area contributed by atoms with Crippen LogP contribution in [0.15, 0.2) is 24.3 Å². The fourth-order valence-electron chi connectivity index (χ4n) is 2.14. The van der Waals surface area contributed by atoms with Crippen molar-refractivity contribution >= 4 is 23.5 Å². The average Bonchev–Trinajstić information content (AvgIpc) is 2.42. The molecule has 0 spiro atoms. The largest absolute Gasteiger partial charge is 0.396 e. The predicted octanol–water partition coefficient (Wildman–Crippen LogP) is 2.33. The van der Waals surface area contributed by atoms with E-state index in [9.17, 15) is 4.79 Å². The summed E-state index contributed by atoms with van der Waals surface area (Å²) in [7, 11) is 0. The van der Waals surface area contributed by atoms with Crippen LogP contribution < -0.4 is 5.32 Å². The second kappa shape index (κ2) is 6.82. The molecule has 1 saturated heterocycles. The molecular formula is C14H20N2O2S. The summed E-state index contributed by atoms with van der Waals surface area (Å²) >= 11 is 1.84. The summed E-state index contributed by atoms with van der Waals surface area (Å²) in [5.74, 6) is 1.87. The van der Waals surface area contributed by atoms with Crippen molar-refractivity contribution in [3.05, 3.63) is 29.8 Å². The van der Waals surface area contributed by atoms with Crippen LogP contribution in [0, 0.1) is 6.92 Å². The molecular weight excluding hydrogens is 260 g/mol. The molecule has 0 bridgehead atoms. The number of amides is 2. The molecule has 2 N–H and O–H groups in total.